The molecule has 25 heavy (non-hydrogen) atoms. The third-order valence-electron chi connectivity index (χ3n) is 4.98. The average Bonchev–Trinajstić information content (AvgIpc) is 3.47. The highest BCUT2D eigenvalue weighted by molar-refractivity contribution is 5.94. The fraction of sp³-hybridized carbons (Fsp3) is 0.300. The van der Waals surface area contributed by atoms with E-state index in [-0.39, 0.29) is 5.41 Å². The molecular weight excluding hydrogens is 314 g/mol. The van der Waals surface area contributed by atoms with E-state index in [1.165, 1.54) is 18.4 Å². The Balaban J connectivity index is 1.64. The second-order valence-corrected chi connectivity index (χ2v) is 6.42. The van der Waals surface area contributed by atoms with E-state index < -0.39 is 0 Å². The Morgan fingerprint density at radius 3 is 2.48 bits per heavy atom. The number of nitrogens with one attached hydrogen (secondary N) is 1. The van der Waals surface area contributed by atoms with Crippen LogP contribution in [0, 0.1) is 0 Å². The van der Waals surface area contributed by atoms with Gasteiger partial charge in [0.15, 0.2) is 11.5 Å². The van der Waals surface area contributed by atoms with E-state index in [0.29, 0.717) is 11.5 Å². The molecule has 4 rings (SSSR count). The first kappa shape index (κ1) is 15.7. The first-order valence-corrected chi connectivity index (χ1v) is 8.42. The maximum absolute atomic E-state index is 5.49. The number of hydrogen-bond acceptors (Lipinski definition) is 5. The highest BCUT2D eigenvalue weighted by Gasteiger charge is 2.43. The summed E-state index contributed by atoms with van der Waals surface area (Å²) in [5.74, 6) is 2.13. The van der Waals surface area contributed by atoms with Crippen molar-refractivity contribution in [2.24, 2.45) is 0 Å². The zero-order chi connectivity index (χ0) is 17.3. The van der Waals surface area contributed by atoms with E-state index in [2.05, 4.69) is 45.6 Å². The molecule has 5 heteroatoms. The SMILES string of the molecule is COc1ccc2c(NCC3(c4ccccc4)CC3)ncnc2c1OC. The molecule has 128 valence electrons. The molecule has 0 bridgehead atoms. The van der Waals surface area contributed by atoms with Gasteiger partial charge in [-0.15, -0.1) is 0 Å². The van der Waals surface area contributed by atoms with Crippen LogP contribution >= 0.6 is 0 Å². The minimum atomic E-state index is 0.217. The van der Waals surface area contributed by atoms with Crippen LogP contribution in [-0.4, -0.2) is 30.7 Å². The minimum absolute atomic E-state index is 0.217. The molecule has 0 unspecified atom stereocenters. The molecule has 3 aromatic rings. The largest absolute Gasteiger partial charge is 0.493 e. The number of ether oxygens (including phenoxy) is 2. The van der Waals surface area contributed by atoms with Crippen LogP contribution in [0.2, 0.25) is 0 Å². The summed E-state index contributed by atoms with van der Waals surface area (Å²) in [4.78, 5) is 8.83. The summed E-state index contributed by atoms with van der Waals surface area (Å²) < 4.78 is 10.8. The molecular formula is C20H21N3O2. The third kappa shape index (κ3) is 2.76. The van der Waals surface area contributed by atoms with Crippen molar-refractivity contribution in [3.05, 3.63) is 54.4 Å². The molecule has 0 aliphatic heterocycles. The molecule has 0 amide bonds. The Morgan fingerprint density at radius 1 is 1.00 bits per heavy atom. The van der Waals surface area contributed by atoms with Crippen LogP contribution in [0.25, 0.3) is 10.9 Å². The quantitative estimate of drug-likeness (QED) is 0.743. The standard InChI is InChI=1S/C20H21N3O2/c1-24-16-9-8-15-17(18(16)25-2)22-13-23-19(15)21-12-20(10-11-20)14-6-4-3-5-7-14/h3-9,13H,10-12H2,1-2H3,(H,21,22,23). The van der Waals surface area contributed by atoms with E-state index in [4.69, 9.17) is 9.47 Å². The Labute approximate surface area is 147 Å². The van der Waals surface area contributed by atoms with Crippen LogP contribution in [0.3, 0.4) is 0 Å². The highest BCUT2D eigenvalue weighted by Crippen LogP contribution is 2.48. The zero-order valence-corrected chi connectivity index (χ0v) is 14.5. The Morgan fingerprint density at radius 2 is 1.80 bits per heavy atom. The van der Waals surface area contributed by atoms with Crippen molar-refractivity contribution < 1.29 is 9.47 Å². The number of rotatable bonds is 6. The smallest absolute Gasteiger partial charge is 0.187 e. The van der Waals surface area contributed by atoms with Gasteiger partial charge < -0.3 is 14.8 Å². The van der Waals surface area contributed by atoms with Crippen molar-refractivity contribution in [1.82, 2.24) is 9.97 Å². The summed E-state index contributed by atoms with van der Waals surface area (Å²) in [6, 6.07) is 14.5. The van der Waals surface area contributed by atoms with Gasteiger partial charge in [-0.25, -0.2) is 9.97 Å². The van der Waals surface area contributed by atoms with Crippen molar-refractivity contribution in [1.29, 1.82) is 0 Å². The molecule has 0 spiro atoms. The molecule has 5 nitrogen and oxygen atoms in total. The van der Waals surface area contributed by atoms with Crippen molar-refractivity contribution in [2.45, 2.75) is 18.3 Å². The summed E-state index contributed by atoms with van der Waals surface area (Å²) in [7, 11) is 3.25. The van der Waals surface area contributed by atoms with Crippen LogP contribution in [0.4, 0.5) is 5.82 Å². The topological polar surface area (TPSA) is 56.3 Å². The lowest BCUT2D eigenvalue weighted by Crippen LogP contribution is -2.20. The molecule has 1 fully saturated rings. The number of hydrogen-bond donors (Lipinski definition) is 1. The van der Waals surface area contributed by atoms with Crippen LogP contribution in [0.1, 0.15) is 18.4 Å². The predicted octanol–water partition coefficient (Wildman–Crippen LogP) is 3.79. The number of benzene rings is 2. The summed E-state index contributed by atoms with van der Waals surface area (Å²) in [5.41, 5.74) is 2.36. The van der Waals surface area contributed by atoms with E-state index in [0.717, 1.165) is 23.3 Å². The first-order valence-electron chi connectivity index (χ1n) is 8.42. The fourth-order valence-electron chi connectivity index (χ4n) is 3.35. The number of aromatic nitrogens is 2. The lowest BCUT2D eigenvalue weighted by Gasteiger charge is -2.18. The Kier molecular flexibility index (Phi) is 3.92. The van der Waals surface area contributed by atoms with Gasteiger partial charge in [-0.1, -0.05) is 30.3 Å². The lowest BCUT2D eigenvalue weighted by atomic mass is 9.96. The van der Waals surface area contributed by atoms with Gasteiger partial charge in [0.25, 0.3) is 0 Å². The number of nitrogens with zero attached hydrogens (tertiary/aromatic N) is 2. The van der Waals surface area contributed by atoms with Crippen molar-refractivity contribution >= 4 is 16.7 Å². The average molecular weight is 335 g/mol. The van der Waals surface area contributed by atoms with Crippen LogP contribution < -0.4 is 14.8 Å². The molecule has 1 N–H and O–H groups in total. The fourth-order valence-corrected chi connectivity index (χ4v) is 3.35. The lowest BCUT2D eigenvalue weighted by molar-refractivity contribution is 0.358. The van der Waals surface area contributed by atoms with Crippen LogP contribution in [0.5, 0.6) is 11.5 Å². The normalized spacial score (nSPS) is 15.0. The van der Waals surface area contributed by atoms with E-state index in [9.17, 15) is 0 Å². The number of anilines is 1. The van der Waals surface area contributed by atoms with Gasteiger partial charge in [-0.05, 0) is 30.5 Å². The Hall–Kier alpha value is -2.82. The van der Waals surface area contributed by atoms with Crippen LogP contribution in [0.15, 0.2) is 48.8 Å². The highest BCUT2D eigenvalue weighted by atomic mass is 16.5. The van der Waals surface area contributed by atoms with Gasteiger partial charge in [0.1, 0.15) is 17.7 Å². The van der Waals surface area contributed by atoms with Gasteiger partial charge in [-0.3, -0.25) is 0 Å². The molecule has 0 radical (unpaired) electrons. The molecule has 2 aromatic carbocycles. The number of methoxy groups -OCH3 is 2. The van der Waals surface area contributed by atoms with E-state index >= 15 is 0 Å². The van der Waals surface area contributed by atoms with Gasteiger partial charge in [-0.2, -0.15) is 0 Å². The molecule has 1 aliphatic rings. The van der Waals surface area contributed by atoms with Gasteiger partial charge in [0, 0.05) is 17.3 Å². The van der Waals surface area contributed by atoms with E-state index in [1.54, 1.807) is 20.5 Å². The van der Waals surface area contributed by atoms with Gasteiger partial charge >= 0.3 is 0 Å². The summed E-state index contributed by atoms with van der Waals surface area (Å²) >= 11 is 0. The second kappa shape index (κ2) is 6.24. The van der Waals surface area contributed by atoms with Crippen molar-refractivity contribution in [3.63, 3.8) is 0 Å². The van der Waals surface area contributed by atoms with Crippen LogP contribution in [-0.2, 0) is 5.41 Å². The minimum Gasteiger partial charge on any atom is -0.493 e. The number of fused-ring (bicyclic) bond motifs is 1. The third-order valence-corrected chi connectivity index (χ3v) is 4.98. The van der Waals surface area contributed by atoms with Gasteiger partial charge in [0.05, 0.1) is 14.2 Å². The summed E-state index contributed by atoms with van der Waals surface area (Å²) in [6.45, 7) is 0.859. The van der Waals surface area contributed by atoms with E-state index in [1.807, 2.05) is 12.1 Å². The van der Waals surface area contributed by atoms with Gasteiger partial charge in [0.2, 0.25) is 0 Å². The molecule has 0 saturated heterocycles. The molecule has 1 aliphatic carbocycles. The summed E-state index contributed by atoms with van der Waals surface area (Å²) in [5, 5.41) is 4.46. The molecule has 0 atom stereocenters. The monoisotopic (exact) mass is 335 g/mol. The maximum atomic E-state index is 5.49. The first-order chi connectivity index (χ1) is 12.3. The zero-order valence-electron chi connectivity index (χ0n) is 14.5. The predicted molar refractivity (Wildman–Crippen MR) is 98.5 cm³/mol. The van der Waals surface area contributed by atoms with Crippen molar-refractivity contribution in [3.8, 4) is 11.5 Å². The molecule has 1 heterocycles. The maximum Gasteiger partial charge on any atom is 0.187 e. The molecule has 1 saturated carbocycles. The molecule has 1 aromatic heterocycles. The van der Waals surface area contributed by atoms with Crippen molar-refractivity contribution in [2.75, 3.05) is 26.1 Å². The summed E-state index contributed by atoms with van der Waals surface area (Å²) in [6.07, 6.45) is 3.96. The Bertz CT molecular complexity index is 892. The second-order valence-electron chi connectivity index (χ2n) is 6.42.